The average Bonchev–Trinajstić information content (AvgIpc) is 3.12. The zero-order valence-electron chi connectivity index (χ0n) is 20.4. The maximum Gasteiger partial charge on any atom is 0.252 e. The van der Waals surface area contributed by atoms with E-state index < -0.39 is 35.3 Å². The first kappa shape index (κ1) is 22.5. The van der Waals surface area contributed by atoms with Crippen molar-refractivity contribution in [1.82, 2.24) is 29.6 Å². The van der Waals surface area contributed by atoms with Gasteiger partial charge in [-0.15, -0.1) is 10.2 Å². The summed E-state index contributed by atoms with van der Waals surface area (Å²) in [5, 5.41) is 8.75. The standard InChI is InChI=1S/C25H24F4N8/c1-13-9-25(13)22-33-32-14(2)36(22)19-12-30-23(31-20(19)37(25)16-10-24(28,29)11-16)35-7-6-34(3)21(35)17-5-4-15(26)8-18(17)27/h4-8,12-13,16,21H,9-11H2,1-3H3/t13-,21?,25-/m0/s1. The summed E-state index contributed by atoms with van der Waals surface area (Å²) in [6.07, 6.45) is 4.71. The molecule has 37 heavy (non-hydrogen) atoms. The fraction of sp³-hybridized carbons (Fsp3) is 0.440. The molecule has 0 amide bonds. The van der Waals surface area contributed by atoms with Gasteiger partial charge in [-0.05, 0) is 31.4 Å². The molecule has 7 rings (SSSR count). The number of aryl methyl sites for hydroxylation is 1. The van der Waals surface area contributed by atoms with E-state index in [-0.39, 0.29) is 30.3 Å². The van der Waals surface area contributed by atoms with Crippen LogP contribution in [0.25, 0.3) is 5.69 Å². The summed E-state index contributed by atoms with van der Waals surface area (Å²) in [6, 6.07) is 3.05. The summed E-state index contributed by atoms with van der Waals surface area (Å²) in [5.74, 6) is -1.68. The van der Waals surface area contributed by atoms with Crippen LogP contribution in [0, 0.1) is 24.5 Å². The highest BCUT2D eigenvalue weighted by Crippen LogP contribution is 2.63. The number of alkyl halides is 2. The lowest BCUT2D eigenvalue weighted by Gasteiger charge is -2.49. The first-order chi connectivity index (χ1) is 17.6. The molecule has 0 N–H and O–H groups in total. The Labute approximate surface area is 210 Å². The molecule has 0 bridgehead atoms. The lowest BCUT2D eigenvalue weighted by Crippen LogP contribution is -2.57. The quantitative estimate of drug-likeness (QED) is 0.482. The molecule has 0 radical (unpaired) electrons. The molecule has 3 aromatic rings. The van der Waals surface area contributed by atoms with E-state index >= 15 is 0 Å². The van der Waals surface area contributed by atoms with Crippen LogP contribution in [-0.2, 0) is 5.54 Å². The van der Waals surface area contributed by atoms with Crippen molar-refractivity contribution in [3.05, 3.63) is 65.6 Å². The predicted octanol–water partition coefficient (Wildman–Crippen LogP) is 4.42. The molecular formula is C25H24F4N8. The second-order valence-corrected chi connectivity index (χ2v) is 10.5. The largest absolute Gasteiger partial charge is 0.355 e. The molecule has 1 spiro atoms. The topological polar surface area (TPSA) is 66.2 Å². The number of hydrogen-bond donors (Lipinski definition) is 0. The Balaban J connectivity index is 1.37. The summed E-state index contributed by atoms with van der Waals surface area (Å²) in [7, 11) is 1.78. The van der Waals surface area contributed by atoms with E-state index in [0.717, 1.165) is 18.3 Å². The number of nitrogens with zero attached hydrogens (tertiary/aromatic N) is 8. The molecule has 0 saturated heterocycles. The number of halogens is 4. The monoisotopic (exact) mass is 512 g/mol. The third kappa shape index (κ3) is 3.01. The summed E-state index contributed by atoms with van der Waals surface area (Å²) < 4.78 is 58.5. The first-order valence-corrected chi connectivity index (χ1v) is 12.2. The minimum absolute atomic E-state index is 0.175. The van der Waals surface area contributed by atoms with Crippen molar-refractivity contribution >= 4 is 11.8 Å². The molecule has 2 aliphatic heterocycles. The van der Waals surface area contributed by atoms with Gasteiger partial charge in [0.05, 0.1) is 6.20 Å². The second-order valence-electron chi connectivity index (χ2n) is 10.5. The Morgan fingerprint density at radius 2 is 1.81 bits per heavy atom. The van der Waals surface area contributed by atoms with E-state index in [1.807, 2.05) is 16.4 Å². The van der Waals surface area contributed by atoms with Gasteiger partial charge in [-0.2, -0.15) is 4.98 Å². The first-order valence-electron chi connectivity index (χ1n) is 12.2. The SMILES string of the molecule is Cc1nnc2n1-c1cnc(N3C=CN(C)C3c3ccc(F)cc3F)nc1N(C1CC(F)(F)C1)[C@]21C[C@@H]1C. The Bertz CT molecular complexity index is 1460. The number of fused-ring (bicyclic) bond motifs is 4. The maximum absolute atomic E-state index is 14.8. The minimum Gasteiger partial charge on any atom is -0.355 e. The fourth-order valence-electron chi connectivity index (χ4n) is 6.20. The van der Waals surface area contributed by atoms with Crippen molar-refractivity contribution in [2.75, 3.05) is 16.8 Å². The molecule has 8 nitrogen and oxygen atoms in total. The molecule has 1 aromatic carbocycles. The molecular weight excluding hydrogens is 488 g/mol. The molecule has 2 aliphatic carbocycles. The molecule has 2 aromatic heterocycles. The van der Waals surface area contributed by atoms with Crippen LogP contribution in [0.3, 0.4) is 0 Å². The third-order valence-electron chi connectivity index (χ3n) is 8.14. The van der Waals surface area contributed by atoms with Crippen LogP contribution >= 0.6 is 0 Å². The van der Waals surface area contributed by atoms with Crippen molar-refractivity contribution in [3.8, 4) is 5.69 Å². The van der Waals surface area contributed by atoms with Gasteiger partial charge in [-0.1, -0.05) is 6.92 Å². The van der Waals surface area contributed by atoms with Gasteiger partial charge in [-0.3, -0.25) is 9.47 Å². The van der Waals surface area contributed by atoms with Gasteiger partial charge in [0.25, 0.3) is 5.92 Å². The second kappa shape index (κ2) is 7.20. The molecule has 2 saturated carbocycles. The van der Waals surface area contributed by atoms with Crippen LogP contribution in [0.2, 0.25) is 0 Å². The van der Waals surface area contributed by atoms with Crippen LogP contribution in [0.4, 0.5) is 29.3 Å². The van der Waals surface area contributed by atoms with Gasteiger partial charge in [0.1, 0.15) is 34.9 Å². The Kier molecular flexibility index (Phi) is 4.38. The number of benzene rings is 1. The smallest absolute Gasteiger partial charge is 0.252 e. The van der Waals surface area contributed by atoms with Gasteiger partial charge < -0.3 is 9.80 Å². The zero-order chi connectivity index (χ0) is 25.9. The average molecular weight is 513 g/mol. The maximum atomic E-state index is 14.8. The van der Waals surface area contributed by atoms with Gasteiger partial charge >= 0.3 is 0 Å². The van der Waals surface area contributed by atoms with Crippen molar-refractivity contribution in [2.24, 2.45) is 5.92 Å². The normalized spacial score (nSPS) is 27.5. The molecule has 4 heterocycles. The Hall–Kier alpha value is -3.70. The molecule has 12 heteroatoms. The predicted molar refractivity (Wildman–Crippen MR) is 126 cm³/mol. The van der Waals surface area contributed by atoms with E-state index in [1.165, 1.54) is 12.1 Å². The van der Waals surface area contributed by atoms with Crippen molar-refractivity contribution in [2.45, 2.75) is 56.8 Å². The highest BCUT2D eigenvalue weighted by Gasteiger charge is 2.67. The minimum atomic E-state index is -2.72. The number of aromatic nitrogens is 5. The molecule has 192 valence electrons. The molecule has 3 atom stereocenters. The van der Waals surface area contributed by atoms with Crippen LogP contribution in [0.15, 0.2) is 36.8 Å². The van der Waals surface area contributed by atoms with Gasteiger partial charge in [0.15, 0.2) is 11.6 Å². The summed E-state index contributed by atoms with van der Waals surface area (Å²) in [5.41, 5.74) is 0.318. The van der Waals surface area contributed by atoms with E-state index in [1.54, 1.807) is 35.4 Å². The summed E-state index contributed by atoms with van der Waals surface area (Å²) in [6.45, 7) is 3.92. The van der Waals surface area contributed by atoms with Crippen LogP contribution in [-0.4, -0.2) is 48.6 Å². The Morgan fingerprint density at radius 3 is 2.49 bits per heavy atom. The van der Waals surface area contributed by atoms with Crippen molar-refractivity contribution in [1.29, 1.82) is 0 Å². The zero-order valence-corrected chi connectivity index (χ0v) is 20.4. The third-order valence-corrected chi connectivity index (χ3v) is 8.14. The lowest BCUT2D eigenvalue weighted by atomic mass is 9.84. The summed E-state index contributed by atoms with van der Waals surface area (Å²) in [4.78, 5) is 15.0. The summed E-state index contributed by atoms with van der Waals surface area (Å²) >= 11 is 0. The molecule has 1 unspecified atom stereocenters. The lowest BCUT2D eigenvalue weighted by molar-refractivity contribution is -0.0886. The Morgan fingerprint density at radius 1 is 1.05 bits per heavy atom. The number of anilines is 2. The molecule has 4 aliphatic rings. The fourth-order valence-corrected chi connectivity index (χ4v) is 6.20. The highest BCUT2D eigenvalue weighted by atomic mass is 19.3. The highest BCUT2D eigenvalue weighted by molar-refractivity contribution is 5.68. The van der Waals surface area contributed by atoms with Crippen molar-refractivity contribution < 1.29 is 17.6 Å². The number of hydrogen-bond acceptors (Lipinski definition) is 7. The van der Waals surface area contributed by atoms with Crippen molar-refractivity contribution in [3.63, 3.8) is 0 Å². The van der Waals surface area contributed by atoms with Crippen LogP contribution in [0.1, 0.15) is 49.6 Å². The van der Waals surface area contributed by atoms with Gasteiger partial charge in [0, 0.05) is 50.0 Å². The number of rotatable bonds is 3. The van der Waals surface area contributed by atoms with E-state index in [4.69, 9.17) is 4.98 Å². The van der Waals surface area contributed by atoms with Gasteiger partial charge in [-0.25, -0.2) is 22.5 Å². The van der Waals surface area contributed by atoms with Gasteiger partial charge in [0.2, 0.25) is 5.95 Å². The van der Waals surface area contributed by atoms with E-state index in [2.05, 4.69) is 22.1 Å². The van der Waals surface area contributed by atoms with Crippen LogP contribution < -0.4 is 9.80 Å². The van der Waals surface area contributed by atoms with Crippen LogP contribution in [0.5, 0.6) is 0 Å². The van der Waals surface area contributed by atoms with E-state index in [9.17, 15) is 17.6 Å². The molecule has 2 fully saturated rings. The van der Waals surface area contributed by atoms with E-state index in [0.29, 0.717) is 17.3 Å².